The molecule has 1 amide bonds. The van der Waals surface area contributed by atoms with Crippen molar-refractivity contribution in [1.29, 1.82) is 0 Å². The lowest BCUT2D eigenvalue weighted by Crippen LogP contribution is -2.58. The Morgan fingerprint density at radius 1 is 1.22 bits per heavy atom. The standard InChI is InChI=1S/C18H18F6N4O3S/c1-9(2)12-8-27(15-26-7-13(32-15)18(22,23)24)3-4-28(12)16(30)31-10-5-11(17(19,20)21)14(29)25-6-10/h5-7,9,12H,3-4,8H2,1-2H3,(H,25,29). The number of thiazole rings is 1. The van der Waals surface area contributed by atoms with E-state index < -0.39 is 46.2 Å². The van der Waals surface area contributed by atoms with Crippen LogP contribution in [0.4, 0.5) is 36.3 Å². The van der Waals surface area contributed by atoms with Crippen LogP contribution in [0.15, 0.2) is 23.3 Å². The van der Waals surface area contributed by atoms with E-state index in [0.29, 0.717) is 17.4 Å². The Hall–Kier alpha value is -2.77. The molecule has 1 unspecified atom stereocenters. The lowest BCUT2D eigenvalue weighted by molar-refractivity contribution is -0.139. The van der Waals surface area contributed by atoms with Gasteiger partial charge in [0.05, 0.1) is 12.2 Å². The maximum Gasteiger partial charge on any atom is 0.427 e. The lowest BCUT2D eigenvalue weighted by Gasteiger charge is -2.42. The quantitative estimate of drug-likeness (QED) is 0.661. The number of hydrogen-bond donors (Lipinski definition) is 1. The third-order valence-corrected chi connectivity index (χ3v) is 5.96. The predicted octanol–water partition coefficient (Wildman–Crippen LogP) is 4.21. The van der Waals surface area contributed by atoms with Crippen LogP contribution in [0, 0.1) is 5.92 Å². The first-order valence-corrected chi connectivity index (χ1v) is 10.2. The number of carbonyl (C=O) groups is 1. The number of rotatable bonds is 3. The highest BCUT2D eigenvalue weighted by molar-refractivity contribution is 7.15. The van der Waals surface area contributed by atoms with E-state index in [1.54, 1.807) is 18.7 Å². The average molecular weight is 484 g/mol. The molecule has 0 aliphatic carbocycles. The molecule has 1 atom stereocenters. The van der Waals surface area contributed by atoms with Crippen molar-refractivity contribution in [1.82, 2.24) is 14.9 Å². The fourth-order valence-corrected chi connectivity index (χ4v) is 4.03. The molecule has 0 bridgehead atoms. The zero-order chi connectivity index (χ0) is 23.8. The molecule has 1 fully saturated rings. The molecule has 1 saturated heterocycles. The molecule has 14 heteroatoms. The van der Waals surface area contributed by atoms with Crippen molar-refractivity contribution in [3.63, 3.8) is 0 Å². The van der Waals surface area contributed by atoms with E-state index in [-0.39, 0.29) is 30.7 Å². The van der Waals surface area contributed by atoms with Gasteiger partial charge in [-0.2, -0.15) is 26.3 Å². The van der Waals surface area contributed by atoms with Crippen molar-refractivity contribution in [3.05, 3.63) is 39.3 Å². The van der Waals surface area contributed by atoms with E-state index in [0.717, 1.165) is 12.4 Å². The van der Waals surface area contributed by atoms with Gasteiger partial charge >= 0.3 is 18.4 Å². The molecule has 0 radical (unpaired) electrons. The van der Waals surface area contributed by atoms with E-state index in [2.05, 4.69) is 4.98 Å². The number of aromatic nitrogens is 2. The zero-order valence-electron chi connectivity index (χ0n) is 16.8. The third kappa shape index (κ3) is 5.16. The molecule has 7 nitrogen and oxygen atoms in total. The second kappa shape index (κ2) is 8.64. The Kier molecular flexibility index (Phi) is 6.45. The molecule has 2 aromatic rings. The van der Waals surface area contributed by atoms with Gasteiger partial charge in [-0.3, -0.25) is 4.79 Å². The minimum atomic E-state index is -4.93. The monoisotopic (exact) mass is 484 g/mol. The number of anilines is 1. The number of aromatic amines is 1. The molecule has 0 spiro atoms. The number of alkyl halides is 6. The number of nitrogens with zero attached hydrogens (tertiary/aromatic N) is 3. The van der Waals surface area contributed by atoms with Gasteiger partial charge in [-0.15, -0.1) is 0 Å². The second-order valence-electron chi connectivity index (χ2n) is 7.40. The van der Waals surface area contributed by atoms with Gasteiger partial charge in [-0.1, -0.05) is 25.2 Å². The number of pyridine rings is 1. The van der Waals surface area contributed by atoms with Crippen molar-refractivity contribution in [3.8, 4) is 5.75 Å². The van der Waals surface area contributed by atoms with Crippen molar-refractivity contribution in [2.75, 3.05) is 24.5 Å². The van der Waals surface area contributed by atoms with Crippen LogP contribution in [-0.4, -0.2) is 46.6 Å². The van der Waals surface area contributed by atoms with Gasteiger partial charge in [0.25, 0.3) is 5.56 Å². The molecule has 3 rings (SSSR count). The topological polar surface area (TPSA) is 78.5 Å². The van der Waals surface area contributed by atoms with Crippen molar-refractivity contribution in [2.24, 2.45) is 5.92 Å². The largest absolute Gasteiger partial charge is 0.427 e. The zero-order valence-corrected chi connectivity index (χ0v) is 17.6. The third-order valence-electron chi connectivity index (χ3n) is 4.85. The molecule has 3 heterocycles. The number of nitrogens with one attached hydrogen (secondary N) is 1. The Morgan fingerprint density at radius 3 is 2.47 bits per heavy atom. The summed E-state index contributed by atoms with van der Waals surface area (Å²) in [5, 5.41) is 0.159. The molecule has 176 valence electrons. The fourth-order valence-electron chi connectivity index (χ4n) is 3.22. The molecule has 0 aromatic carbocycles. The summed E-state index contributed by atoms with van der Waals surface area (Å²) in [6, 6.07) is -0.0645. The minimum Gasteiger partial charge on any atom is -0.409 e. The molecule has 0 saturated carbocycles. The molecule has 1 aliphatic heterocycles. The lowest BCUT2D eigenvalue weighted by atomic mass is 10.0. The Morgan fingerprint density at radius 2 is 1.91 bits per heavy atom. The highest BCUT2D eigenvalue weighted by Crippen LogP contribution is 2.37. The molecular formula is C18H18F6N4O3S. The van der Waals surface area contributed by atoms with Crippen molar-refractivity contribution >= 4 is 22.6 Å². The van der Waals surface area contributed by atoms with Gasteiger partial charge < -0.3 is 19.5 Å². The van der Waals surface area contributed by atoms with Crippen LogP contribution in [0.2, 0.25) is 0 Å². The first-order valence-electron chi connectivity index (χ1n) is 9.33. The second-order valence-corrected chi connectivity index (χ2v) is 8.41. The number of piperazine rings is 1. The van der Waals surface area contributed by atoms with E-state index in [1.807, 2.05) is 4.98 Å². The molecule has 2 aromatic heterocycles. The van der Waals surface area contributed by atoms with Gasteiger partial charge in [-0.05, 0) is 5.92 Å². The van der Waals surface area contributed by atoms with Crippen LogP contribution in [0.25, 0.3) is 0 Å². The summed E-state index contributed by atoms with van der Waals surface area (Å²) in [5.74, 6) is -0.629. The van der Waals surface area contributed by atoms with Crippen LogP contribution in [0.5, 0.6) is 5.75 Å². The van der Waals surface area contributed by atoms with E-state index >= 15 is 0 Å². The van der Waals surface area contributed by atoms with Gasteiger partial charge in [0.2, 0.25) is 0 Å². The molecule has 1 N–H and O–H groups in total. The Labute approximate surface area is 181 Å². The van der Waals surface area contributed by atoms with Crippen LogP contribution in [0.1, 0.15) is 24.3 Å². The summed E-state index contributed by atoms with van der Waals surface area (Å²) >= 11 is 0.492. The van der Waals surface area contributed by atoms with E-state index in [1.165, 1.54) is 4.90 Å². The van der Waals surface area contributed by atoms with Crippen LogP contribution in [0.3, 0.4) is 0 Å². The Balaban J connectivity index is 1.75. The summed E-state index contributed by atoms with van der Waals surface area (Å²) in [6.07, 6.45) is -8.77. The number of amides is 1. The number of H-pyrrole nitrogens is 1. The number of ether oxygens (including phenoxy) is 1. The predicted molar refractivity (Wildman–Crippen MR) is 103 cm³/mol. The Bertz CT molecular complexity index is 1030. The fraction of sp³-hybridized carbons (Fsp3) is 0.500. The number of halogens is 6. The highest BCUT2D eigenvalue weighted by atomic mass is 32.1. The van der Waals surface area contributed by atoms with Gasteiger partial charge in [0, 0.05) is 31.9 Å². The smallest absolute Gasteiger partial charge is 0.409 e. The number of hydrogen-bond acceptors (Lipinski definition) is 6. The molecule has 1 aliphatic rings. The van der Waals surface area contributed by atoms with Gasteiger partial charge in [-0.25, -0.2) is 9.78 Å². The average Bonchev–Trinajstić information content (AvgIpc) is 3.19. The van der Waals surface area contributed by atoms with E-state index in [9.17, 15) is 35.9 Å². The molecular weight excluding hydrogens is 466 g/mol. The highest BCUT2D eigenvalue weighted by Gasteiger charge is 2.38. The summed E-state index contributed by atoms with van der Waals surface area (Å²) in [5.41, 5.74) is -2.87. The maximum atomic E-state index is 12.9. The summed E-state index contributed by atoms with van der Waals surface area (Å²) < 4.78 is 82.4. The van der Waals surface area contributed by atoms with Crippen molar-refractivity contribution in [2.45, 2.75) is 32.2 Å². The summed E-state index contributed by atoms with van der Waals surface area (Å²) in [6.45, 7) is 3.95. The molecule has 32 heavy (non-hydrogen) atoms. The SMILES string of the molecule is CC(C)C1CN(c2ncc(C(F)(F)F)s2)CCN1C(=O)Oc1c[nH]c(=O)c(C(F)(F)F)c1. The van der Waals surface area contributed by atoms with E-state index in [4.69, 9.17) is 4.74 Å². The van der Waals surface area contributed by atoms with Crippen LogP contribution >= 0.6 is 11.3 Å². The first-order chi connectivity index (χ1) is 14.8. The van der Waals surface area contributed by atoms with Crippen LogP contribution < -0.4 is 15.2 Å². The van der Waals surface area contributed by atoms with Crippen LogP contribution in [-0.2, 0) is 12.4 Å². The van der Waals surface area contributed by atoms with Gasteiger partial charge in [0.1, 0.15) is 16.2 Å². The minimum absolute atomic E-state index is 0.0537. The normalized spacial score (nSPS) is 17.7. The summed E-state index contributed by atoms with van der Waals surface area (Å²) in [4.78, 5) is 31.8. The first kappa shape index (κ1) is 23.9. The summed E-state index contributed by atoms with van der Waals surface area (Å²) in [7, 11) is 0. The maximum absolute atomic E-state index is 12.9. The van der Waals surface area contributed by atoms with Gasteiger partial charge in [0.15, 0.2) is 5.13 Å². The van der Waals surface area contributed by atoms with Crippen molar-refractivity contribution < 1.29 is 35.9 Å². The number of carbonyl (C=O) groups excluding carboxylic acids is 1.